The molecule has 2 aromatic rings. The molecule has 0 spiro atoms. The van der Waals surface area contributed by atoms with Crippen LogP contribution < -0.4 is 10.1 Å². The van der Waals surface area contributed by atoms with Crippen LogP contribution in [0.25, 0.3) is 6.08 Å². The molecule has 8 heteroatoms. The summed E-state index contributed by atoms with van der Waals surface area (Å²) in [6, 6.07) is 12.0. The third-order valence-electron chi connectivity index (χ3n) is 3.73. The molecular formula is C21H18Cl2N2O4. The molecule has 1 amide bonds. The molecule has 2 aromatic carbocycles. The van der Waals surface area contributed by atoms with Crippen molar-refractivity contribution in [3.63, 3.8) is 0 Å². The molecule has 0 aromatic heterocycles. The van der Waals surface area contributed by atoms with Crippen molar-refractivity contribution >= 4 is 46.8 Å². The lowest BCUT2D eigenvalue weighted by Gasteiger charge is -2.11. The largest absolute Gasteiger partial charge is 0.479 e. The van der Waals surface area contributed by atoms with Gasteiger partial charge in [-0.1, -0.05) is 41.4 Å². The molecule has 0 bridgehead atoms. The van der Waals surface area contributed by atoms with Gasteiger partial charge in [-0.05, 0) is 49.2 Å². The zero-order valence-corrected chi connectivity index (χ0v) is 17.3. The van der Waals surface area contributed by atoms with E-state index in [0.717, 1.165) is 5.56 Å². The van der Waals surface area contributed by atoms with Crippen molar-refractivity contribution in [2.45, 2.75) is 13.8 Å². The lowest BCUT2D eigenvalue weighted by molar-refractivity contribution is -0.145. The van der Waals surface area contributed by atoms with Crippen LogP contribution >= 0.6 is 23.2 Å². The van der Waals surface area contributed by atoms with Gasteiger partial charge in [0.25, 0.3) is 5.91 Å². The van der Waals surface area contributed by atoms with Crippen LogP contribution in [-0.2, 0) is 14.3 Å². The number of hydrogen-bond donors (Lipinski definition) is 1. The second-order valence-corrected chi connectivity index (χ2v) is 6.66. The predicted molar refractivity (Wildman–Crippen MR) is 112 cm³/mol. The van der Waals surface area contributed by atoms with E-state index >= 15 is 0 Å². The quantitative estimate of drug-likeness (QED) is 0.385. The summed E-state index contributed by atoms with van der Waals surface area (Å²) in [7, 11) is 0. The van der Waals surface area contributed by atoms with Crippen molar-refractivity contribution in [1.82, 2.24) is 0 Å². The number of anilines is 1. The number of carbonyl (C=O) groups excluding carboxylic acids is 2. The van der Waals surface area contributed by atoms with Crippen LogP contribution in [0.2, 0.25) is 10.0 Å². The zero-order valence-electron chi connectivity index (χ0n) is 15.8. The van der Waals surface area contributed by atoms with Gasteiger partial charge in [0.1, 0.15) is 11.6 Å². The Morgan fingerprint density at radius 2 is 1.86 bits per heavy atom. The van der Waals surface area contributed by atoms with Gasteiger partial charge in [0.2, 0.25) is 0 Å². The van der Waals surface area contributed by atoms with Crippen molar-refractivity contribution < 1.29 is 19.1 Å². The molecule has 6 nitrogen and oxygen atoms in total. The molecule has 0 aliphatic rings. The fourth-order valence-corrected chi connectivity index (χ4v) is 2.97. The van der Waals surface area contributed by atoms with Gasteiger partial charge in [0, 0.05) is 5.69 Å². The van der Waals surface area contributed by atoms with Crippen molar-refractivity contribution in [2.24, 2.45) is 0 Å². The number of halogens is 2. The number of nitriles is 1. The Balaban J connectivity index is 2.21. The van der Waals surface area contributed by atoms with Gasteiger partial charge in [-0.15, -0.1) is 0 Å². The van der Waals surface area contributed by atoms with Crippen LogP contribution in [0.5, 0.6) is 5.75 Å². The number of esters is 1. The van der Waals surface area contributed by atoms with E-state index in [2.05, 4.69) is 5.32 Å². The standard InChI is InChI=1S/C21H18Cl2N2O4/c1-3-28-19(26)12-29-20-16(22)9-14(10-17(20)23)8-15(11-24)21(27)25-18-7-5-4-6-13(18)2/h4-10H,3,12H2,1-2H3,(H,25,27)/b15-8-. The Hall–Kier alpha value is -3.01. The maximum atomic E-state index is 12.4. The van der Waals surface area contributed by atoms with Gasteiger partial charge in [-0.3, -0.25) is 4.79 Å². The highest BCUT2D eigenvalue weighted by molar-refractivity contribution is 6.37. The SMILES string of the molecule is CCOC(=O)COc1c(Cl)cc(/C=C(/C#N)C(=O)Nc2ccccc2C)cc1Cl. The third kappa shape index (κ3) is 6.24. The summed E-state index contributed by atoms with van der Waals surface area (Å²) in [5, 5.41) is 12.3. The highest BCUT2D eigenvalue weighted by Crippen LogP contribution is 2.35. The summed E-state index contributed by atoms with van der Waals surface area (Å²) in [5.41, 5.74) is 1.78. The van der Waals surface area contributed by atoms with Gasteiger partial charge in [0.05, 0.1) is 16.7 Å². The van der Waals surface area contributed by atoms with E-state index in [1.54, 1.807) is 19.1 Å². The number of amides is 1. The van der Waals surface area contributed by atoms with E-state index in [4.69, 9.17) is 32.7 Å². The first-order chi connectivity index (χ1) is 13.8. The molecule has 0 aliphatic carbocycles. The van der Waals surface area contributed by atoms with Crippen molar-refractivity contribution in [3.8, 4) is 11.8 Å². The summed E-state index contributed by atoms with van der Waals surface area (Å²) < 4.78 is 10.1. The Kier molecular flexibility index (Phi) is 8.08. The number of rotatable bonds is 7. The molecular weight excluding hydrogens is 415 g/mol. The molecule has 0 fully saturated rings. The van der Waals surface area contributed by atoms with E-state index in [1.807, 2.05) is 25.1 Å². The van der Waals surface area contributed by atoms with E-state index in [9.17, 15) is 14.9 Å². The zero-order chi connectivity index (χ0) is 21.4. The Morgan fingerprint density at radius 1 is 1.21 bits per heavy atom. The van der Waals surface area contributed by atoms with Gasteiger partial charge in [-0.25, -0.2) is 4.79 Å². The molecule has 29 heavy (non-hydrogen) atoms. The molecule has 150 valence electrons. The molecule has 0 saturated heterocycles. The van der Waals surface area contributed by atoms with Crippen molar-refractivity contribution in [3.05, 3.63) is 63.1 Å². The number of hydrogen-bond acceptors (Lipinski definition) is 5. The van der Waals surface area contributed by atoms with Crippen LogP contribution in [0.3, 0.4) is 0 Å². The Labute approximate surface area is 178 Å². The second-order valence-electron chi connectivity index (χ2n) is 5.85. The average Bonchev–Trinajstić information content (AvgIpc) is 2.67. The highest BCUT2D eigenvalue weighted by atomic mass is 35.5. The van der Waals surface area contributed by atoms with Gasteiger partial charge in [0.15, 0.2) is 12.4 Å². The van der Waals surface area contributed by atoms with Gasteiger partial charge < -0.3 is 14.8 Å². The molecule has 0 heterocycles. The lowest BCUT2D eigenvalue weighted by Crippen LogP contribution is -2.15. The van der Waals surface area contributed by atoms with Crippen LogP contribution in [0, 0.1) is 18.3 Å². The van der Waals surface area contributed by atoms with Gasteiger partial charge >= 0.3 is 5.97 Å². The maximum absolute atomic E-state index is 12.4. The lowest BCUT2D eigenvalue weighted by atomic mass is 10.1. The fraction of sp³-hybridized carbons (Fsp3) is 0.190. The average molecular weight is 433 g/mol. The monoisotopic (exact) mass is 432 g/mol. The number of nitrogens with one attached hydrogen (secondary N) is 1. The second kappa shape index (κ2) is 10.5. The van der Waals surface area contributed by atoms with Crippen LogP contribution in [-0.4, -0.2) is 25.1 Å². The fourth-order valence-electron chi connectivity index (χ4n) is 2.35. The Morgan fingerprint density at radius 3 is 2.45 bits per heavy atom. The highest BCUT2D eigenvalue weighted by Gasteiger charge is 2.14. The molecule has 0 saturated carbocycles. The predicted octanol–water partition coefficient (Wildman–Crippen LogP) is 4.79. The Bertz CT molecular complexity index is 973. The number of carbonyl (C=O) groups is 2. The summed E-state index contributed by atoms with van der Waals surface area (Å²) in [4.78, 5) is 23.8. The van der Waals surface area contributed by atoms with Crippen LogP contribution in [0.4, 0.5) is 5.69 Å². The number of benzene rings is 2. The summed E-state index contributed by atoms with van der Waals surface area (Å²) in [5.74, 6) is -0.999. The first kappa shape index (κ1) is 22.3. The number of ether oxygens (including phenoxy) is 2. The summed E-state index contributed by atoms with van der Waals surface area (Å²) in [6.07, 6.45) is 1.36. The minimum atomic E-state index is -0.559. The topological polar surface area (TPSA) is 88.4 Å². The van der Waals surface area contributed by atoms with Crippen molar-refractivity contribution in [2.75, 3.05) is 18.5 Å². The first-order valence-electron chi connectivity index (χ1n) is 8.62. The number of nitrogens with zero attached hydrogens (tertiary/aromatic N) is 1. The van der Waals surface area contributed by atoms with Gasteiger partial charge in [-0.2, -0.15) is 5.26 Å². The summed E-state index contributed by atoms with van der Waals surface area (Å²) >= 11 is 12.4. The first-order valence-corrected chi connectivity index (χ1v) is 9.37. The minimum Gasteiger partial charge on any atom is -0.479 e. The molecule has 0 aliphatic heterocycles. The number of para-hydroxylation sites is 1. The van der Waals surface area contributed by atoms with E-state index in [-0.39, 0.29) is 34.6 Å². The van der Waals surface area contributed by atoms with Crippen LogP contribution in [0.15, 0.2) is 42.0 Å². The minimum absolute atomic E-state index is 0.112. The number of aryl methyl sites for hydroxylation is 1. The van der Waals surface area contributed by atoms with Crippen molar-refractivity contribution in [1.29, 1.82) is 5.26 Å². The maximum Gasteiger partial charge on any atom is 0.344 e. The van der Waals surface area contributed by atoms with E-state index in [0.29, 0.717) is 11.3 Å². The van der Waals surface area contributed by atoms with Crippen LogP contribution in [0.1, 0.15) is 18.1 Å². The molecule has 1 N–H and O–H groups in total. The molecule has 0 atom stereocenters. The third-order valence-corrected chi connectivity index (χ3v) is 4.29. The molecule has 0 radical (unpaired) electrons. The molecule has 2 rings (SSSR count). The molecule has 0 unspecified atom stereocenters. The normalized spacial score (nSPS) is 10.8. The smallest absolute Gasteiger partial charge is 0.344 e. The van der Waals surface area contributed by atoms with E-state index in [1.165, 1.54) is 18.2 Å². The van der Waals surface area contributed by atoms with E-state index < -0.39 is 11.9 Å². The summed E-state index contributed by atoms with van der Waals surface area (Å²) in [6.45, 7) is 3.42.